The van der Waals surface area contributed by atoms with Crippen molar-refractivity contribution in [2.45, 2.75) is 43.7 Å². The zero-order valence-electron chi connectivity index (χ0n) is 29.6. The van der Waals surface area contributed by atoms with Gasteiger partial charge in [0, 0.05) is 42.6 Å². The Morgan fingerprint density at radius 1 is 0.736 bits per heavy atom. The highest BCUT2D eigenvalue weighted by Crippen LogP contribution is 2.24. The van der Waals surface area contributed by atoms with E-state index in [-0.39, 0.29) is 23.6 Å². The third-order valence-corrected chi connectivity index (χ3v) is 10.3. The molecule has 11 heteroatoms. The number of sulfonamides is 1. The number of carbonyl (C=O) groups excluding carboxylic acids is 3. The number of fused-ring (bicyclic) bond motifs is 1. The molecule has 6 aromatic rings. The molecule has 0 bridgehead atoms. The van der Waals surface area contributed by atoms with Gasteiger partial charge in [-0.15, -0.1) is 0 Å². The number of likely N-dealkylation sites (N-methyl/N-ethyl adjacent to an activating group) is 1. The number of rotatable bonds is 13. The lowest BCUT2D eigenvalue weighted by Crippen LogP contribution is -2.56. The number of aromatic amines is 1. The van der Waals surface area contributed by atoms with Crippen LogP contribution in [-0.4, -0.2) is 55.2 Å². The van der Waals surface area contributed by atoms with Gasteiger partial charge < -0.3 is 19.9 Å². The summed E-state index contributed by atoms with van der Waals surface area (Å²) in [7, 11) is -2.72. The highest BCUT2D eigenvalue weighted by molar-refractivity contribution is 7.90. The second-order valence-electron chi connectivity index (χ2n) is 13.0. The molecule has 0 saturated heterocycles. The minimum Gasteiger partial charge on any atom is -0.457 e. The summed E-state index contributed by atoms with van der Waals surface area (Å²) in [6, 6.07) is 34.6. The monoisotopic (exact) mass is 728 g/mol. The molecule has 6 rings (SSSR count). The minimum absolute atomic E-state index is 0.0289. The van der Waals surface area contributed by atoms with E-state index in [4.69, 9.17) is 4.74 Å². The maximum Gasteiger partial charge on any atom is 0.264 e. The van der Waals surface area contributed by atoms with Crippen LogP contribution in [-0.2, 0) is 32.5 Å². The third-order valence-electron chi connectivity index (χ3n) is 8.91. The molecule has 270 valence electrons. The van der Waals surface area contributed by atoms with E-state index >= 15 is 0 Å². The highest BCUT2D eigenvalue weighted by Gasteiger charge is 2.33. The molecule has 0 aliphatic rings. The fraction of sp³-hybridized carbons (Fsp3) is 0.167. The number of carbonyl (C=O) groups is 3. The van der Waals surface area contributed by atoms with E-state index in [1.54, 1.807) is 55.7 Å². The maximum absolute atomic E-state index is 14.4. The summed E-state index contributed by atoms with van der Waals surface area (Å²) in [6.45, 7) is 3.79. The molecule has 0 unspecified atom stereocenters. The van der Waals surface area contributed by atoms with Gasteiger partial charge in [0.25, 0.3) is 21.8 Å². The number of aryl methyl sites for hydroxylation is 2. The van der Waals surface area contributed by atoms with Crippen LogP contribution in [0.15, 0.2) is 138 Å². The van der Waals surface area contributed by atoms with E-state index in [0.29, 0.717) is 22.6 Å². The Kier molecular flexibility index (Phi) is 11.0. The van der Waals surface area contributed by atoms with Crippen LogP contribution in [0.25, 0.3) is 10.9 Å². The summed E-state index contributed by atoms with van der Waals surface area (Å²) < 4.78 is 34.6. The van der Waals surface area contributed by atoms with Crippen molar-refractivity contribution in [3.63, 3.8) is 0 Å². The number of nitrogens with zero attached hydrogens (tertiary/aromatic N) is 1. The van der Waals surface area contributed by atoms with Gasteiger partial charge in [-0.1, -0.05) is 83.9 Å². The third kappa shape index (κ3) is 9.00. The van der Waals surface area contributed by atoms with E-state index < -0.39 is 33.9 Å². The Labute approximate surface area is 308 Å². The van der Waals surface area contributed by atoms with Crippen molar-refractivity contribution >= 4 is 38.6 Å². The van der Waals surface area contributed by atoms with Crippen LogP contribution >= 0.6 is 0 Å². The first-order chi connectivity index (χ1) is 25.5. The van der Waals surface area contributed by atoms with Crippen LogP contribution in [0.1, 0.15) is 32.6 Å². The molecular weight excluding hydrogens is 689 g/mol. The zero-order chi connectivity index (χ0) is 37.5. The zero-order valence-corrected chi connectivity index (χ0v) is 30.4. The summed E-state index contributed by atoms with van der Waals surface area (Å²) in [5, 5.41) is 3.64. The van der Waals surface area contributed by atoms with Crippen molar-refractivity contribution in [3.05, 3.63) is 161 Å². The molecule has 1 heterocycles. The second-order valence-corrected chi connectivity index (χ2v) is 14.7. The van der Waals surface area contributed by atoms with Gasteiger partial charge in [-0.05, 0) is 79.6 Å². The van der Waals surface area contributed by atoms with Crippen LogP contribution in [0.5, 0.6) is 11.5 Å². The quantitative estimate of drug-likeness (QED) is 0.124. The van der Waals surface area contributed by atoms with Crippen LogP contribution < -0.4 is 14.8 Å². The van der Waals surface area contributed by atoms with E-state index in [1.807, 2.05) is 86.6 Å². The molecule has 0 aliphatic heterocycles. The van der Waals surface area contributed by atoms with Crippen LogP contribution in [0.2, 0.25) is 0 Å². The van der Waals surface area contributed by atoms with E-state index in [9.17, 15) is 22.8 Å². The van der Waals surface area contributed by atoms with Gasteiger partial charge in [0.1, 0.15) is 23.6 Å². The summed E-state index contributed by atoms with van der Waals surface area (Å²) >= 11 is 0. The molecule has 0 fully saturated rings. The van der Waals surface area contributed by atoms with Crippen LogP contribution in [0, 0.1) is 13.8 Å². The molecule has 10 nitrogen and oxygen atoms in total. The van der Waals surface area contributed by atoms with Gasteiger partial charge in [-0.25, -0.2) is 13.1 Å². The number of ether oxygens (including phenoxy) is 1. The molecule has 3 amide bonds. The second kappa shape index (κ2) is 16.0. The van der Waals surface area contributed by atoms with Gasteiger partial charge >= 0.3 is 0 Å². The number of hydrogen-bond acceptors (Lipinski definition) is 6. The Hall–Kier alpha value is -6.20. The molecule has 0 radical (unpaired) electrons. The minimum atomic E-state index is -4.27. The van der Waals surface area contributed by atoms with Crippen LogP contribution in [0.4, 0.5) is 0 Å². The van der Waals surface area contributed by atoms with Gasteiger partial charge in [0.15, 0.2) is 0 Å². The first-order valence-corrected chi connectivity index (χ1v) is 18.6. The standard InChI is InChI=1S/C42H40N4O6S/c1-28-22-29(2)24-31(23-28)42(49)46(3)39(25-30-18-20-34(21-19-30)52-33-12-6-4-7-13-33)41(48)44-38(26-32-27-43-37-17-11-10-16-36(32)37)40(47)45-53(50,51)35-14-8-5-9-15-35/h4-24,27,38-39,43H,25-26H2,1-3H3,(H,44,48)(H,45,47)/t38-,39+/m0/s1. The van der Waals surface area contributed by atoms with E-state index in [0.717, 1.165) is 27.6 Å². The predicted octanol–water partition coefficient (Wildman–Crippen LogP) is 6.49. The Morgan fingerprint density at radius 3 is 2.02 bits per heavy atom. The number of H-pyrrole nitrogens is 1. The lowest BCUT2D eigenvalue weighted by atomic mass is 10.00. The van der Waals surface area contributed by atoms with Crippen molar-refractivity contribution < 1.29 is 27.5 Å². The average molecular weight is 729 g/mol. The Morgan fingerprint density at radius 2 is 1.34 bits per heavy atom. The lowest BCUT2D eigenvalue weighted by Gasteiger charge is -2.29. The molecular formula is C42H40N4O6S. The first kappa shape index (κ1) is 36.6. The van der Waals surface area contributed by atoms with Gasteiger partial charge in [0.05, 0.1) is 4.90 Å². The average Bonchev–Trinajstić information content (AvgIpc) is 3.56. The summed E-state index contributed by atoms with van der Waals surface area (Å²) in [6.07, 6.45) is 1.79. The summed E-state index contributed by atoms with van der Waals surface area (Å²) in [5.74, 6) is -0.671. The number of aromatic nitrogens is 1. The predicted molar refractivity (Wildman–Crippen MR) is 204 cm³/mol. The largest absolute Gasteiger partial charge is 0.457 e. The van der Waals surface area contributed by atoms with Crippen molar-refractivity contribution in [2.75, 3.05) is 7.05 Å². The molecule has 5 aromatic carbocycles. The molecule has 0 saturated carbocycles. The highest BCUT2D eigenvalue weighted by atomic mass is 32.2. The fourth-order valence-electron chi connectivity index (χ4n) is 6.25. The number of nitrogens with one attached hydrogen (secondary N) is 3. The fourth-order valence-corrected chi connectivity index (χ4v) is 7.29. The summed E-state index contributed by atoms with van der Waals surface area (Å²) in [5.41, 5.74) is 4.45. The number of amides is 3. The SMILES string of the molecule is Cc1cc(C)cc(C(=O)N(C)[C@H](Cc2ccc(Oc3ccccc3)cc2)C(=O)N[C@@H](Cc2c[nH]c3ccccc23)C(=O)NS(=O)(=O)c2ccccc2)c1. The molecule has 1 aromatic heterocycles. The normalized spacial score (nSPS) is 12.4. The number of para-hydroxylation sites is 2. The Balaban J connectivity index is 1.31. The van der Waals surface area contributed by atoms with Crippen LogP contribution in [0.3, 0.4) is 0 Å². The molecule has 0 aliphatic carbocycles. The molecule has 53 heavy (non-hydrogen) atoms. The molecule has 2 atom stereocenters. The van der Waals surface area contributed by atoms with Crippen molar-refractivity contribution in [1.29, 1.82) is 0 Å². The van der Waals surface area contributed by atoms with Crippen molar-refractivity contribution in [3.8, 4) is 11.5 Å². The van der Waals surface area contributed by atoms with E-state index in [2.05, 4.69) is 15.0 Å². The van der Waals surface area contributed by atoms with Crippen molar-refractivity contribution in [1.82, 2.24) is 19.9 Å². The van der Waals surface area contributed by atoms with E-state index in [1.165, 1.54) is 17.0 Å². The number of hydrogen-bond donors (Lipinski definition) is 3. The topological polar surface area (TPSA) is 138 Å². The molecule has 3 N–H and O–H groups in total. The smallest absolute Gasteiger partial charge is 0.264 e. The maximum atomic E-state index is 14.4. The number of benzene rings is 5. The summed E-state index contributed by atoms with van der Waals surface area (Å²) in [4.78, 5) is 46.7. The van der Waals surface area contributed by atoms with Gasteiger partial charge in [0.2, 0.25) is 5.91 Å². The first-order valence-electron chi connectivity index (χ1n) is 17.1. The lowest BCUT2D eigenvalue weighted by molar-refractivity contribution is -0.130. The van der Waals surface area contributed by atoms with Gasteiger partial charge in [-0.3, -0.25) is 14.4 Å². The van der Waals surface area contributed by atoms with Gasteiger partial charge in [-0.2, -0.15) is 0 Å². The Bertz CT molecular complexity index is 2320. The molecule has 0 spiro atoms. The van der Waals surface area contributed by atoms with Crippen molar-refractivity contribution in [2.24, 2.45) is 0 Å².